The molecule has 3 aromatic rings. The Kier molecular flexibility index (Phi) is 6.27. The average Bonchev–Trinajstić information content (AvgIpc) is 3.32. The maximum Gasteiger partial charge on any atom is 0.226 e. The van der Waals surface area contributed by atoms with Gasteiger partial charge in [-0.2, -0.15) is 0 Å². The zero-order valence-corrected chi connectivity index (χ0v) is 19.8. The molecule has 0 saturated carbocycles. The lowest BCUT2D eigenvalue weighted by atomic mass is 10.0. The summed E-state index contributed by atoms with van der Waals surface area (Å²) in [6.07, 6.45) is 1.79. The van der Waals surface area contributed by atoms with Crippen LogP contribution in [0.2, 0.25) is 5.02 Å². The van der Waals surface area contributed by atoms with Gasteiger partial charge in [0.25, 0.3) is 0 Å². The van der Waals surface area contributed by atoms with E-state index in [1.54, 1.807) is 17.5 Å². The van der Waals surface area contributed by atoms with E-state index in [1.807, 2.05) is 50.2 Å². The number of anilines is 2. The molecule has 1 amide bonds. The number of aryl methyl sites for hydroxylation is 1. The van der Waals surface area contributed by atoms with Crippen LogP contribution in [-0.4, -0.2) is 16.0 Å². The highest BCUT2D eigenvalue weighted by molar-refractivity contribution is 7.80. The Balaban J connectivity index is 1.73. The highest BCUT2D eigenvalue weighted by Gasteiger charge is 2.41. The Morgan fingerprint density at radius 3 is 2.68 bits per heavy atom. The summed E-state index contributed by atoms with van der Waals surface area (Å²) in [7, 11) is 0. The number of carbonyl (C=O) groups excluding carboxylic acids is 1. The van der Waals surface area contributed by atoms with Crippen LogP contribution < -0.4 is 15.5 Å². The van der Waals surface area contributed by atoms with Gasteiger partial charge in [0.15, 0.2) is 5.11 Å². The smallest absolute Gasteiger partial charge is 0.226 e. The molecule has 0 radical (unpaired) electrons. The van der Waals surface area contributed by atoms with Gasteiger partial charge in [-0.15, -0.1) is 11.3 Å². The van der Waals surface area contributed by atoms with Crippen molar-refractivity contribution in [1.82, 2.24) is 10.3 Å². The van der Waals surface area contributed by atoms with Gasteiger partial charge in [-0.25, -0.2) is 0 Å². The number of hydrogen-bond donors (Lipinski definition) is 2. The molecule has 2 aromatic heterocycles. The number of rotatable bonds is 5. The van der Waals surface area contributed by atoms with Crippen LogP contribution in [0.3, 0.4) is 0 Å². The van der Waals surface area contributed by atoms with Gasteiger partial charge in [-0.1, -0.05) is 31.5 Å². The number of aromatic nitrogens is 1. The first-order valence-electron chi connectivity index (χ1n) is 10.0. The molecular weight excluding hydrogens is 448 g/mol. The van der Waals surface area contributed by atoms with Crippen LogP contribution in [0.4, 0.5) is 11.4 Å². The molecule has 5 nitrogen and oxygen atoms in total. The number of carbonyl (C=O) groups is 1. The number of thiocarbonyl (C=S) groups is 1. The Bertz CT molecular complexity index is 1120. The third kappa shape index (κ3) is 4.44. The van der Waals surface area contributed by atoms with Gasteiger partial charge >= 0.3 is 0 Å². The van der Waals surface area contributed by atoms with Crippen molar-refractivity contribution in [2.45, 2.75) is 32.9 Å². The fourth-order valence-corrected chi connectivity index (χ4v) is 5.14. The highest BCUT2D eigenvalue weighted by Crippen LogP contribution is 2.44. The van der Waals surface area contributed by atoms with Crippen molar-refractivity contribution >= 4 is 57.5 Å². The van der Waals surface area contributed by atoms with Crippen LogP contribution in [0.1, 0.15) is 41.4 Å². The summed E-state index contributed by atoms with van der Waals surface area (Å²) in [4.78, 5) is 21.2. The third-order valence-corrected chi connectivity index (χ3v) is 6.86. The number of benzene rings is 1. The largest absolute Gasteiger partial charge is 0.351 e. The third-order valence-electron chi connectivity index (χ3n) is 5.16. The first kappa shape index (κ1) is 21.7. The van der Waals surface area contributed by atoms with E-state index < -0.39 is 0 Å². The fourth-order valence-electron chi connectivity index (χ4n) is 3.57. The molecule has 4 rings (SSSR count). The van der Waals surface area contributed by atoms with E-state index in [0.29, 0.717) is 15.8 Å². The fraction of sp³-hybridized carbons (Fsp3) is 0.261. The van der Waals surface area contributed by atoms with Crippen molar-refractivity contribution in [3.8, 4) is 0 Å². The second-order valence-corrected chi connectivity index (χ2v) is 9.87. The molecule has 0 aliphatic carbocycles. The molecule has 1 aliphatic rings. The second kappa shape index (κ2) is 8.94. The monoisotopic (exact) mass is 470 g/mol. The van der Waals surface area contributed by atoms with Gasteiger partial charge in [0.1, 0.15) is 0 Å². The predicted molar refractivity (Wildman–Crippen MR) is 132 cm³/mol. The molecule has 8 heteroatoms. The van der Waals surface area contributed by atoms with Gasteiger partial charge in [0.05, 0.1) is 28.5 Å². The van der Waals surface area contributed by atoms with Crippen molar-refractivity contribution in [2.24, 2.45) is 5.92 Å². The predicted octanol–water partition coefficient (Wildman–Crippen LogP) is 5.88. The molecule has 0 unspecified atom stereocenters. The van der Waals surface area contributed by atoms with Crippen molar-refractivity contribution < 1.29 is 4.79 Å². The van der Waals surface area contributed by atoms with Crippen LogP contribution in [0.5, 0.6) is 0 Å². The minimum atomic E-state index is -0.128. The van der Waals surface area contributed by atoms with Gasteiger partial charge in [0.2, 0.25) is 5.91 Å². The normalized spacial score (nSPS) is 18.4. The molecule has 3 heterocycles. The minimum absolute atomic E-state index is 0.0618. The lowest BCUT2D eigenvalue weighted by Gasteiger charge is -2.27. The molecular formula is C23H23ClN4OS2. The topological polar surface area (TPSA) is 57.3 Å². The van der Waals surface area contributed by atoms with Gasteiger partial charge in [-0.3, -0.25) is 9.78 Å². The Labute approximate surface area is 196 Å². The second-order valence-electron chi connectivity index (χ2n) is 7.75. The quantitative estimate of drug-likeness (QED) is 0.456. The maximum absolute atomic E-state index is 12.1. The van der Waals surface area contributed by atoms with E-state index in [4.69, 9.17) is 23.8 Å². The molecule has 31 heavy (non-hydrogen) atoms. The van der Waals surface area contributed by atoms with Crippen molar-refractivity contribution in [1.29, 1.82) is 0 Å². The van der Waals surface area contributed by atoms with Crippen LogP contribution in [-0.2, 0) is 4.79 Å². The Morgan fingerprint density at radius 2 is 2.06 bits per heavy atom. The van der Waals surface area contributed by atoms with Crippen LogP contribution in [0, 0.1) is 12.8 Å². The summed E-state index contributed by atoms with van der Waals surface area (Å²) in [5.74, 6) is -0.202. The zero-order chi connectivity index (χ0) is 22.1. The van der Waals surface area contributed by atoms with E-state index in [0.717, 1.165) is 11.4 Å². The van der Waals surface area contributed by atoms with E-state index in [2.05, 4.69) is 39.6 Å². The molecule has 0 bridgehead atoms. The first-order valence-corrected chi connectivity index (χ1v) is 11.6. The lowest BCUT2D eigenvalue weighted by Crippen LogP contribution is -2.29. The maximum atomic E-state index is 12.1. The Morgan fingerprint density at radius 1 is 1.26 bits per heavy atom. The molecule has 2 N–H and O–H groups in total. The standard InChI is InChI=1S/C23H23ClN4OS2/c1-13(2)22(29)26-17-9-8-15(12-16(17)24)28-21(19-10-7-14(3)31-19)20(27-23(28)30)18-6-4-5-11-25-18/h4-13,20-21H,1-3H3,(H,26,29)(H,27,30)/t20-,21+/m1/s1. The van der Waals surface area contributed by atoms with E-state index in [1.165, 1.54) is 9.75 Å². The summed E-state index contributed by atoms with van der Waals surface area (Å²) < 4.78 is 0. The van der Waals surface area contributed by atoms with E-state index in [-0.39, 0.29) is 23.9 Å². The molecule has 1 aromatic carbocycles. The lowest BCUT2D eigenvalue weighted by molar-refractivity contribution is -0.118. The molecule has 1 fully saturated rings. The van der Waals surface area contributed by atoms with Crippen molar-refractivity contribution in [2.75, 3.05) is 10.2 Å². The number of hydrogen-bond acceptors (Lipinski definition) is 4. The number of nitrogens with zero attached hydrogens (tertiary/aromatic N) is 2. The van der Waals surface area contributed by atoms with E-state index >= 15 is 0 Å². The molecule has 1 saturated heterocycles. The summed E-state index contributed by atoms with van der Waals surface area (Å²) in [6.45, 7) is 5.78. The Hall–Kier alpha value is -2.48. The summed E-state index contributed by atoms with van der Waals surface area (Å²) in [5, 5.41) is 7.40. The van der Waals surface area contributed by atoms with Gasteiger partial charge < -0.3 is 15.5 Å². The average molecular weight is 471 g/mol. The number of halogens is 1. The highest BCUT2D eigenvalue weighted by atomic mass is 35.5. The SMILES string of the molecule is Cc1ccc([C@H]2[C@@H](c3ccccn3)NC(=S)N2c2ccc(NC(=O)C(C)C)c(Cl)c2)s1. The van der Waals surface area contributed by atoms with Crippen molar-refractivity contribution in [3.05, 3.63) is 75.2 Å². The molecule has 0 spiro atoms. The first-order chi connectivity index (χ1) is 14.8. The van der Waals surface area contributed by atoms with Gasteiger partial charge in [-0.05, 0) is 61.6 Å². The van der Waals surface area contributed by atoms with Crippen molar-refractivity contribution in [3.63, 3.8) is 0 Å². The molecule has 160 valence electrons. The number of pyridine rings is 1. The van der Waals surface area contributed by atoms with Crippen LogP contribution in [0.25, 0.3) is 0 Å². The van der Waals surface area contributed by atoms with Crippen LogP contribution >= 0.6 is 35.2 Å². The summed E-state index contributed by atoms with van der Waals surface area (Å²) in [5.41, 5.74) is 2.38. The summed E-state index contributed by atoms with van der Waals surface area (Å²) >= 11 is 14.0. The van der Waals surface area contributed by atoms with Crippen LogP contribution in [0.15, 0.2) is 54.7 Å². The molecule has 2 atom stereocenters. The number of amides is 1. The van der Waals surface area contributed by atoms with E-state index in [9.17, 15) is 4.79 Å². The zero-order valence-electron chi connectivity index (χ0n) is 17.4. The number of nitrogens with one attached hydrogen (secondary N) is 2. The molecule has 1 aliphatic heterocycles. The summed E-state index contributed by atoms with van der Waals surface area (Å²) in [6, 6.07) is 15.6. The minimum Gasteiger partial charge on any atom is -0.351 e. The number of thiophene rings is 1. The van der Waals surface area contributed by atoms with Gasteiger partial charge in [0, 0.05) is 27.6 Å².